The van der Waals surface area contributed by atoms with Gasteiger partial charge in [-0.05, 0) is 18.4 Å². The van der Waals surface area contributed by atoms with Crippen LogP contribution in [0.25, 0.3) is 22.2 Å². The fourth-order valence-corrected chi connectivity index (χ4v) is 9.35. The Morgan fingerprint density at radius 3 is 2.37 bits per heavy atom. The van der Waals surface area contributed by atoms with E-state index in [1.165, 1.54) is 17.2 Å². The van der Waals surface area contributed by atoms with E-state index in [4.69, 9.17) is 63.5 Å². The van der Waals surface area contributed by atoms with E-state index in [0.717, 1.165) is 30.3 Å². The van der Waals surface area contributed by atoms with Gasteiger partial charge in [-0.15, -0.1) is 0 Å². The van der Waals surface area contributed by atoms with Gasteiger partial charge in [-0.25, -0.2) is 24.9 Å². The monoisotopic (exact) mass is 802 g/mol. The Balaban J connectivity index is 0.00000224. The molecule has 3 saturated heterocycles. The third-order valence-electron chi connectivity index (χ3n) is 8.75. The van der Waals surface area contributed by atoms with Gasteiger partial charge >= 0.3 is 59.1 Å². The van der Waals surface area contributed by atoms with Gasteiger partial charge in [-0.1, -0.05) is 0 Å². The summed E-state index contributed by atoms with van der Waals surface area (Å²) in [6, 6.07) is 0. The molecule has 20 nitrogen and oxygen atoms in total. The molecule has 51 heavy (non-hydrogen) atoms. The summed E-state index contributed by atoms with van der Waals surface area (Å²) in [7, 11) is 0. The summed E-state index contributed by atoms with van der Waals surface area (Å²) < 4.78 is 65.1. The molecule has 8 heterocycles. The molecular formula is C25H30N10Na2O10P2S2. The first-order chi connectivity index (χ1) is 23.4. The molecule has 4 aromatic heterocycles. The first-order valence-corrected chi connectivity index (χ1v) is 20.3. The number of nitrogens with two attached hydrogens (primary N) is 2. The van der Waals surface area contributed by atoms with Gasteiger partial charge in [0.15, 0.2) is 30.7 Å². The number of nitrogen functional groups attached to an aromatic ring is 1. The van der Waals surface area contributed by atoms with Crippen LogP contribution in [-0.2, 0) is 74.2 Å². The number of ether oxygens (including phenoxy) is 2. The van der Waals surface area contributed by atoms with Gasteiger partial charge in [0.25, 0.3) is 0 Å². The predicted molar refractivity (Wildman–Crippen MR) is 173 cm³/mol. The minimum atomic E-state index is -4.45. The summed E-state index contributed by atoms with van der Waals surface area (Å²) in [5.74, 6) is 0.900. The summed E-state index contributed by atoms with van der Waals surface area (Å²) in [6.45, 7) is -9.28. The number of aromatic nitrogens is 7. The number of fused-ring (bicyclic) bond motifs is 4. The number of anilines is 2. The fourth-order valence-electron chi connectivity index (χ4n) is 6.52. The van der Waals surface area contributed by atoms with Gasteiger partial charge < -0.3 is 83.6 Å². The van der Waals surface area contributed by atoms with Crippen molar-refractivity contribution in [3.63, 3.8) is 0 Å². The number of imidazole rings is 1. The molecule has 2 unspecified atom stereocenters. The van der Waals surface area contributed by atoms with Crippen LogP contribution < -0.4 is 75.9 Å². The molecule has 7 N–H and O–H groups in total. The molecule has 2 bridgehead atoms. The predicted octanol–water partition coefficient (Wildman–Crippen LogP) is -5.68. The van der Waals surface area contributed by atoms with E-state index in [-0.39, 0.29) is 88.5 Å². The molecule has 0 saturated carbocycles. The summed E-state index contributed by atoms with van der Waals surface area (Å²) in [5, 5.41) is 26.9. The molecule has 8 rings (SSSR count). The minimum absolute atomic E-state index is 0. The quantitative estimate of drug-likeness (QED) is 0.0734. The van der Waals surface area contributed by atoms with Crippen molar-refractivity contribution < 1.29 is 106 Å². The largest absolute Gasteiger partial charge is 1.00 e. The standard InChI is InChI=1S/C25H32N10O10P2S2.2Na/c26-4-13-32-20(27)15-23(33-13)35(9-31-15)25-19-16(36)11(42-25)6-40-46(38,48)44-18-12(7-41-47(39,49)45-19)43-24(17(18)37)34-5-10-2-1-3-28-21-14(10)22(34)30-8-29-21;;/h5,8-9,11-12,16-19,24-25,36-37H,1-4,6-7,26H2,(H,38,48)(H,39,49)(H2,27,32,33)(H,28,29,30);;/q;2*+1/p-2/t11-,12-,16-,17-,18-,19-,24-,25-,46?,47?;;/m1../s1. The van der Waals surface area contributed by atoms with Gasteiger partial charge in [0.2, 0.25) is 6.80 Å². The van der Waals surface area contributed by atoms with Crippen molar-refractivity contribution in [3.8, 4) is 0 Å². The van der Waals surface area contributed by atoms with Crippen LogP contribution in [0.15, 0.2) is 18.9 Å². The number of aliphatic hydroxyl groups is 2. The first kappa shape index (κ1) is 40.2. The molecule has 3 fully saturated rings. The second-order valence-electron chi connectivity index (χ2n) is 11.8. The zero-order valence-electron chi connectivity index (χ0n) is 27.3. The molecule has 0 radical (unpaired) electrons. The van der Waals surface area contributed by atoms with Crippen LogP contribution in [0.1, 0.15) is 30.3 Å². The van der Waals surface area contributed by atoms with Crippen LogP contribution in [0.5, 0.6) is 0 Å². The third-order valence-corrected chi connectivity index (χ3v) is 11.8. The number of nitrogens with one attached hydrogen (secondary N) is 1. The molecule has 4 aliphatic rings. The molecule has 0 spiro atoms. The second-order valence-corrected chi connectivity index (χ2v) is 17.2. The zero-order chi connectivity index (χ0) is 34.2. The normalized spacial score (nSPS) is 35.4. The Morgan fingerprint density at radius 2 is 1.63 bits per heavy atom. The van der Waals surface area contributed by atoms with E-state index in [1.54, 1.807) is 10.8 Å². The Bertz CT molecular complexity index is 2030. The SMILES string of the molecule is NCc1nc(N)c2ncn([C@@H]3O[C@@H]4COP(=O)([S-])O[C@H]5[C@@H](O)[C@H](n6cc7c8c(ncnc86)NCCC7)O[C@@H]5COP(=O)([S-])O[C@@H]3[C@@H]4O)c2n1.[Na+].[Na+]. The van der Waals surface area contributed by atoms with Crippen molar-refractivity contribution in [3.05, 3.63) is 30.2 Å². The van der Waals surface area contributed by atoms with Crippen molar-refractivity contribution in [2.24, 2.45) is 5.73 Å². The molecule has 10 atom stereocenters. The molecule has 4 aliphatic heterocycles. The van der Waals surface area contributed by atoms with Gasteiger partial charge in [-0.3, -0.25) is 13.7 Å². The van der Waals surface area contributed by atoms with Gasteiger partial charge in [-0.2, -0.15) is 0 Å². The number of rotatable bonds is 3. The van der Waals surface area contributed by atoms with Crippen molar-refractivity contribution in [1.29, 1.82) is 0 Å². The summed E-state index contributed by atoms with van der Waals surface area (Å²) in [6.07, 6.45) is -4.65. The number of nitrogens with zero attached hydrogens (tertiary/aromatic N) is 7. The van der Waals surface area contributed by atoms with Crippen molar-refractivity contribution in [1.82, 2.24) is 34.1 Å². The van der Waals surface area contributed by atoms with E-state index >= 15 is 0 Å². The molecule has 0 amide bonds. The van der Waals surface area contributed by atoms with Crippen LogP contribution in [0, 0.1) is 0 Å². The second kappa shape index (κ2) is 15.6. The number of hydrogen-bond acceptors (Lipinski definition) is 20. The van der Waals surface area contributed by atoms with Crippen molar-refractivity contribution in [2.45, 2.75) is 68.5 Å². The van der Waals surface area contributed by atoms with Gasteiger partial charge in [0, 0.05) is 12.7 Å². The maximum absolute atomic E-state index is 13.7. The average Bonchev–Trinajstić information content (AvgIpc) is 3.77. The van der Waals surface area contributed by atoms with E-state index in [1.807, 2.05) is 0 Å². The molecule has 26 heteroatoms. The smallest absolute Gasteiger partial charge is 0.660 e. The summed E-state index contributed by atoms with van der Waals surface area (Å²) in [5.41, 5.74) is 13.6. The topological polar surface area (TPSA) is 268 Å². The minimum Gasteiger partial charge on any atom is -0.660 e. The van der Waals surface area contributed by atoms with E-state index in [2.05, 4.69) is 30.2 Å². The number of hydrogen-bond donors (Lipinski definition) is 5. The van der Waals surface area contributed by atoms with Gasteiger partial charge in [0.05, 0.1) is 31.5 Å². The average molecular weight is 803 g/mol. The maximum atomic E-state index is 13.7. The Labute approximate surface area is 344 Å². The number of aryl methyl sites for hydroxylation is 1. The fraction of sp³-hybridized carbons (Fsp3) is 0.560. The zero-order valence-corrected chi connectivity index (χ0v) is 34.7. The molecular weight excluding hydrogens is 772 g/mol. The van der Waals surface area contributed by atoms with Crippen molar-refractivity contribution >= 4 is 71.9 Å². The van der Waals surface area contributed by atoms with E-state index in [0.29, 0.717) is 11.5 Å². The Morgan fingerprint density at radius 1 is 0.922 bits per heavy atom. The first-order valence-electron chi connectivity index (χ1n) is 15.2. The molecule has 4 aromatic rings. The Kier molecular flexibility index (Phi) is 12.3. The van der Waals surface area contributed by atoms with Crippen LogP contribution >= 0.6 is 13.6 Å². The van der Waals surface area contributed by atoms with Crippen LogP contribution in [-0.4, -0.2) is 101 Å². The summed E-state index contributed by atoms with van der Waals surface area (Å²) in [4.78, 5) is 21.5. The van der Waals surface area contributed by atoms with Crippen LogP contribution in [0.2, 0.25) is 0 Å². The number of aliphatic hydroxyl groups excluding tert-OH is 2. The van der Waals surface area contributed by atoms with Crippen molar-refractivity contribution in [2.75, 3.05) is 30.8 Å². The molecule has 264 valence electrons. The third kappa shape index (κ3) is 7.59. The van der Waals surface area contributed by atoms with Gasteiger partial charge in [0.1, 0.15) is 65.8 Å². The van der Waals surface area contributed by atoms with E-state index < -0.39 is 75.9 Å². The van der Waals surface area contributed by atoms with Crippen LogP contribution in [0.4, 0.5) is 11.6 Å². The van der Waals surface area contributed by atoms with Crippen LogP contribution in [0.3, 0.4) is 0 Å². The maximum Gasteiger partial charge on any atom is 1.00 e. The Hall–Kier alpha value is -0.430. The molecule has 0 aromatic carbocycles. The van der Waals surface area contributed by atoms with E-state index in [9.17, 15) is 19.3 Å². The summed E-state index contributed by atoms with van der Waals surface area (Å²) >= 11 is 10.5. The molecule has 0 aliphatic carbocycles.